The third-order valence-corrected chi connectivity index (χ3v) is 5.73. The lowest BCUT2D eigenvalue weighted by atomic mass is 9.73. The molecule has 26 heavy (non-hydrogen) atoms. The first-order valence-electron chi connectivity index (χ1n) is 8.94. The van der Waals surface area contributed by atoms with E-state index in [0.29, 0.717) is 0 Å². The Bertz CT molecular complexity index is 973. The maximum Gasteiger partial charge on any atom is 0.492 e. The number of hydrogen-bond donors (Lipinski definition) is 2. The topological polar surface area (TPSA) is 49.7 Å². The fourth-order valence-corrected chi connectivity index (χ4v) is 3.53. The molecule has 4 heteroatoms. The van der Waals surface area contributed by atoms with Gasteiger partial charge in [0.1, 0.15) is 0 Å². The molecule has 0 saturated carbocycles. The molecule has 3 aromatic rings. The summed E-state index contributed by atoms with van der Waals surface area (Å²) in [6, 6.07) is 18.5. The molecule has 0 aromatic heterocycles. The molecule has 0 radical (unpaired) electrons. The largest absolute Gasteiger partial charge is 0.492 e. The van der Waals surface area contributed by atoms with Crippen LogP contribution in [0.5, 0.6) is 0 Å². The van der Waals surface area contributed by atoms with Crippen molar-refractivity contribution in [3.63, 3.8) is 0 Å². The van der Waals surface area contributed by atoms with Crippen molar-refractivity contribution >= 4 is 23.4 Å². The normalized spacial score (nSPS) is 13.2. The van der Waals surface area contributed by atoms with Crippen LogP contribution in [0.25, 0.3) is 33.0 Å². The lowest BCUT2D eigenvalue weighted by Crippen LogP contribution is -2.53. The Morgan fingerprint density at radius 3 is 1.96 bits per heavy atom. The molecule has 0 atom stereocenters. The van der Waals surface area contributed by atoms with Gasteiger partial charge in [-0.25, -0.2) is 0 Å². The predicted molar refractivity (Wildman–Crippen MR) is 107 cm³/mol. The summed E-state index contributed by atoms with van der Waals surface area (Å²) in [5, 5.41) is 23.3. The third kappa shape index (κ3) is 2.49. The number of benzene rings is 3. The van der Waals surface area contributed by atoms with Crippen LogP contribution in [0.3, 0.4) is 0 Å². The molecule has 3 nitrogen and oxygen atoms in total. The van der Waals surface area contributed by atoms with E-state index < -0.39 is 18.3 Å². The molecule has 0 aliphatic heterocycles. The van der Waals surface area contributed by atoms with E-state index in [0.717, 1.165) is 16.2 Å². The number of hydrogen-bond acceptors (Lipinski definition) is 3. The summed E-state index contributed by atoms with van der Waals surface area (Å²) >= 11 is 0. The highest BCUT2D eigenvalue weighted by atomic mass is 16.5. The maximum absolute atomic E-state index is 10.8. The highest BCUT2D eigenvalue weighted by Crippen LogP contribution is 2.46. The van der Waals surface area contributed by atoms with Gasteiger partial charge in [-0.3, -0.25) is 0 Å². The minimum Gasteiger partial charge on any atom is -0.423 e. The van der Waals surface area contributed by atoms with Gasteiger partial charge in [0.05, 0.1) is 11.2 Å². The Hall–Kier alpha value is -2.14. The first-order valence-corrected chi connectivity index (χ1v) is 8.94. The molecule has 132 valence electrons. The van der Waals surface area contributed by atoms with Gasteiger partial charge in [0.15, 0.2) is 0 Å². The Morgan fingerprint density at radius 2 is 1.35 bits per heavy atom. The second-order valence-corrected chi connectivity index (χ2v) is 8.02. The van der Waals surface area contributed by atoms with Crippen LogP contribution in [0.1, 0.15) is 27.7 Å². The molecule has 0 unspecified atom stereocenters. The molecular formula is C22H23BO3. The van der Waals surface area contributed by atoms with Crippen molar-refractivity contribution in [1.29, 1.82) is 0 Å². The van der Waals surface area contributed by atoms with Crippen LogP contribution >= 0.6 is 0 Å². The van der Waals surface area contributed by atoms with Gasteiger partial charge in [-0.05, 0) is 66.2 Å². The Balaban J connectivity index is 1.84. The van der Waals surface area contributed by atoms with Crippen LogP contribution in [-0.2, 0) is 4.65 Å². The second kappa shape index (κ2) is 5.68. The summed E-state index contributed by atoms with van der Waals surface area (Å²) in [6.07, 6.45) is 0. The summed E-state index contributed by atoms with van der Waals surface area (Å²) in [4.78, 5) is 0. The number of rotatable bonds is 4. The first-order chi connectivity index (χ1) is 12.2. The molecule has 0 amide bonds. The zero-order valence-electron chi connectivity index (χ0n) is 15.6. The summed E-state index contributed by atoms with van der Waals surface area (Å²) in [7, 11) is -1.12. The van der Waals surface area contributed by atoms with Gasteiger partial charge in [0.25, 0.3) is 0 Å². The van der Waals surface area contributed by atoms with E-state index in [1.807, 2.05) is 30.3 Å². The number of aliphatic hydroxyl groups is 1. The molecular weight excluding hydrogens is 323 g/mol. The molecule has 0 fully saturated rings. The summed E-state index contributed by atoms with van der Waals surface area (Å²) in [6.45, 7) is 6.94. The highest BCUT2D eigenvalue weighted by Gasteiger charge is 2.40. The average molecular weight is 346 g/mol. The average Bonchev–Trinajstić information content (AvgIpc) is 2.90. The number of fused-ring (bicyclic) bond motifs is 3. The van der Waals surface area contributed by atoms with Crippen molar-refractivity contribution in [2.75, 3.05) is 0 Å². The van der Waals surface area contributed by atoms with Gasteiger partial charge in [0.2, 0.25) is 0 Å². The predicted octanol–water partition coefficient (Wildman–Crippen LogP) is 3.74. The molecule has 0 heterocycles. The van der Waals surface area contributed by atoms with E-state index in [-0.39, 0.29) is 0 Å². The van der Waals surface area contributed by atoms with Crippen molar-refractivity contribution in [3.8, 4) is 22.3 Å². The van der Waals surface area contributed by atoms with Crippen molar-refractivity contribution in [1.82, 2.24) is 0 Å². The smallest absolute Gasteiger partial charge is 0.423 e. The van der Waals surface area contributed by atoms with Gasteiger partial charge < -0.3 is 14.8 Å². The van der Waals surface area contributed by atoms with Crippen LogP contribution in [0, 0.1) is 0 Å². The van der Waals surface area contributed by atoms with Crippen molar-refractivity contribution in [3.05, 3.63) is 54.6 Å². The van der Waals surface area contributed by atoms with E-state index in [4.69, 9.17) is 4.65 Å². The second-order valence-electron chi connectivity index (χ2n) is 8.02. The zero-order valence-corrected chi connectivity index (χ0v) is 15.6. The van der Waals surface area contributed by atoms with Gasteiger partial charge in [0, 0.05) is 0 Å². The highest BCUT2D eigenvalue weighted by molar-refractivity contribution is 6.63. The Morgan fingerprint density at radius 1 is 0.769 bits per heavy atom. The fraction of sp³-hybridized carbons (Fsp3) is 0.273. The van der Waals surface area contributed by atoms with E-state index in [1.54, 1.807) is 27.7 Å². The van der Waals surface area contributed by atoms with Crippen molar-refractivity contribution in [2.45, 2.75) is 38.9 Å². The molecule has 2 N–H and O–H groups in total. The van der Waals surface area contributed by atoms with Crippen molar-refractivity contribution in [2.24, 2.45) is 0 Å². The first kappa shape index (κ1) is 17.3. The Kier molecular flexibility index (Phi) is 3.78. The quantitative estimate of drug-likeness (QED) is 0.554. The lowest BCUT2D eigenvalue weighted by Gasteiger charge is -2.38. The minimum atomic E-state index is -1.12. The summed E-state index contributed by atoms with van der Waals surface area (Å²) in [5.41, 5.74) is 3.54. The molecule has 0 saturated heterocycles. The monoisotopic (exact) mass is 346 g/mol. The van der Waals surface area contributed by atoms with Crippen LogP contribution in [0.15, 0.2) is 54.6 Å². The van der Waals surface area contributed by atoms with Crippen LogP contribution in [0.2, 0.25) is 0 Å². The van der Waals surface area contributed by atoms with Gasteiger partial charge in [-0.1, -0.05) is 54.6 Å². The molecule has 1 aliphatic carbocycles. The molecule has 0 bridgehead atoms. The van der Waals surface area contributed by atoms with Crippen LogP contribution in [-0.4, -0.2) is 28.5 Å². The van der Waals surface area contributed by atoms with Crippen molar-refractivity contribution < 1.29 is 14.8 Å². The molecule has 4 rings (SSSR count). The standard InChI is InChI=1S/C22H23BO3/c1-21(2,24)22(3,4)26-23(25)19-13-12-17-15-9-6-5-8-14(15)16-10-7-11-18(19)20(16)17/h5-13,24-25H,1-4H3. The van der Waals surface area contributed by atoms with E-state index in [1.165, 1.54) is 22.3 Å². The maximum atomic E-state index is 10.8. The van der Waals surface area contributed by atoms with E-state index in [9.17, 15) is 10.1 Å². The minimum absolute atomic E-state index is 0.718. The van der Waals surface area contributed by atoms with Crippen LogP contribution in [0.4, 0.5) is 0 Å². The van der Waals surface area contributed by atoms with E-state index >= 15 is 0 Å². The summed E-state index contributed by atoms with van der Waals surface area (Å²) < 4.78 is 5.88. The Labute approximate surface area is 154 Å². The third-order valence-electron chi connectivity index (χ3n) is 5.73. The molecule has 1 aliphatic rings. The van der Waals surface area contributed by atoms with Gasteiger partial charge in [-0.15, -0.1) is 0 Å². The lowest BCUT2D eigenvalue weighted by molar-refractivity contribution is -0.0982. The van der Waals surface area contributed by atoms with E-state index in [2.05, 4.69) is 24.3 Å². The molecule has 3 aromatic carbocycles. The summed E-state index contributed by atoms with van der Waals surface area (Å²) in [5.74, 6) is 0. The van der Waals surface area contributed by atoms with Gasteiger partial charge in [-0.2, -0.15) is 0 Å². The molecule has 0 spiro atoms. The SMILES string of the molecule is CC(C)(O)C(C)(C)OB(O)c1ccc2c3c(cccc13)-c1ccccc1-2. The fourth-order valence-electron chi connectivity index (χ4n) is 3.53. The van der Waals surface area contributed by atoms with Gasteiger partial charge >= 0.3 is 7.12 Å². The zero-order chi connectivity index (χ0) is 18.7. The van der Waals surface area contributed by atoms with Crippen LogP contribution < -0.4 is 5.46 Å².